The third-order valence-corrected chi connectivity index (χ3v) is 4.61. The van der Waals surface area contributed by atoms with Crippen LogP contribution in [0.3, 0.4) is 0 Å². The zero-order valence-corrected chi connectivity index (χ0v) is 16.5. The molecular formula is C22H18N4O2S. The number of carbonyl (C=O) groups excluding carboxylic acids is 1. The molecule has 2 heterocycles. The standard InChI is InChI=1S/C22H18N4O2S/c1-14-4-8-16(9-5-14)20(27)26-22(29)24-13-15-6-10-17(11-7-15)21-25-19-18(28-21)3-2-12-23-19/h2-12H,13H2,1H3,(H2,24,26,27,29). The summed E-state index contributed by atoms with van der Waals surface area (Å²) in [6.45, 7) is 2.46. The largest absolute Gasteiger partial charge is 0.434 e. The smallest absolute Gasteiger partial charge is 0.257 e. The van der Waals surface area contributed by atoms with E-state index in [-0.39, 0.29) is 11.0 Å². The molecule has 2 aromatic carbocycles. The van der Waals surface area contributed by atoms with Gasteiger partial charge in [0.05, 0.1) is 0 Å². The van der Waals surface area contributed by atoms with Gasteiger partial charge in [-0.25, -0.2) is 4.98 Å². The Labute approximate surface area is 173 Å². The average molecular weight is 402 g/mol. The van der Waals surface area contributed by atoms with Crippen molar-refractivity contribution in [1.82, 2.24) is 20.6 Å². The molecular weight excluding hydrogens is 384 g/mol. The van der Waals surface area contributed by atoms with Crippen molar-refractivity contribution in [3.05, 3.63) is 83.6 Å². The summed E-state index contributed by atoms with van der Waals surface area (Å²) >= 11 is 5.22. The summed E-state index contributed by atoms with van der Waals surface area (Å²) in [6, 6.07) is 18.7. The van der Waals surface area contributed by atoms with Crippen LogP contribution in [0.1, 0.15) is 21.5 Å². The Kier molecular flexibility index (Phi) is 5.31. The molecule has 29 heavy (non-hydrogen) atoms. The lowest BCUT2D eigenvalue weighted by atomic mass is 10.1. The minimum absolute atomic E-state index is 0.234. The minimum Gasteiger partial charge on any atom is -0.434 e. The topological polar surface area (TPSA) is 80.0 Å². The molecule has 2 N–H and O–H groups in total. The molecule has 0 spiro atoms. The van der Waals surface area contributed by atoms with Crippen LogP contribution in [-0.4, -0.2) is 21.0 Å². The minimum atomic E-state index is -0.234. The van der Waals surface area contributed by atoms with Gasteiger partial charge in [-0.2, -0.15) is 4.98 Å². The Balaban J connectivity index is 1.34. The molecule has 0 bridgehead atoms. The Morgan fingerprint density at radius 2 is 1.83 bits per heavy atom. The fraction of sp³-hybridized carbons (Fsp3) is 0.0909. The van der Waals surface area contributed by atoms with E-state index in [2.05, 4.69) is 20.6 Å². The number of aryl methyl sites for hydroxylation is 1. The van der Waals surface area contributed by atoms with Crippen LogP contribution in [0.25, 0.3) is 22.7 Å². The van der Waals surface area contributed by atoms with E-state index in [1.54, 1.807) is 18.3 Å². The predicted molar refractivity (Wildman–Crippen MR) is 115 cm³/mol. The van der Waals surface area contributed by atoms with Crippen molar-refractivity contribution in [3.63, 3.8) is 0 Å². The maximum atomic E-state index is 12.2. The van der Waals surface area contributed by atoms with Crippen LogP contribution in [0.5, 0.6) is 0 Å². The van der Waals surface area contributed by atoms with E-state index in [1.807, 2.05) is 55.5 Å². The first-order valence-corrected chi connectivity index (χ1v) is 9.46. The van der Waals surface area contributed by atoms with Crippen LogP contribution in [0.4, 0.5) is 0 Å². The SMILES string of the molecule is Cc1ccc(C(=O)NC(=S)NCc2ccc(-c3nc4ncccc4o3)cc2)cc1. The summed E-state index contributed by atoms with van der Waals surface area (Å²) in [4.78, 5) is 20.8. The highest BCUT2D eigenvalue weighted by Crippen LogP contribution is 2.23. The molecule has 0 aliphatic carbocycles. The summed E-state index contributed by atoms with van der Waals surface area (Å²) in [5, 5.41) is 6.01. The molecule has 0 saturated heterocycles. The number of amides is 1. The van der Waals surface area contributed by atoms with Crippen molar-refractivity contribution in [2.75, 3.05) is 0 Å². The molecule has 0 saturated carbocycles. The average Bonchev–Trinajstić information content (AvgIpc) is 3.17. The van der Waals surface area contributed by atoms with E-state index in [4.69, 9.17) is 16.6 Å². The number of oxazole rings is 1. The Hall–Kier alpha value is -3.58. The molecule has 0 radical (unpaired) electrons. The van der Waals surface area contributed by atoms with E-state index in [1.165, 1.54) is 0 Å². The normalized spacial score (nSPS) is 10.7. The Morgan fingerprint density at radius 1 is 1.07 bits per heavy atom. The van der Waals surface area contributed by atoms with E-state index < -0.39 is 0 Å². The van der Waals surface area contributed by atoms with Crippen molar-refractivity contribution in [1.29, 1.82) is 0 Å². The molecule has 7 heteroatoms. The van der Waals surface area contributed by atoms with E-state index >= 15 is 0 Å². The molecule has 4 rings (SSSR count). The molecule has 1 amide bonds. The van der Waals surface area contributed by atoms with Gasteiger partial charge in [0.25, 0.3) is 5.91 Å². The van der Waals surface area contributed by atoms with Crippen molar-refractivity contribution in [2.24, 2.45) is 0 Å². The number of benzene rings is 2. The van der Waals surface area contributed by atoms with Gasteiger partial charge in [0, 0.05) is 23.9 Å². The highest BCUT2D eigenvalue weighted by Gasteiger charge is 2.09. The molecule has 144 valence electrons. The number of pyridine rings is 1. The molecule has 0 fully saturated rings. The van der Waals surface area contributed by atoms with Gasteiger partial charge in [0.2, 0.25) is 5.89 Å². The zero-order valence-electron chi connectivity index (χ0n) is 15.7. The lowest BCUT2D eigenvalue weighted by Gasteiger charge is -2.10. The maximum Gasteiger partial charge on any atom is 0.257 e. The van der Waals surface area contributed by atoms with Crippen LogP contribution in [0.2, 0.25) is 0 Å². The second-order valence-corrected chi connectivity index (χ2v) is 6.95. The number of carbonyl (C=O) groups is 1. The van der Waals surface area contributed by atoms with Crippen molar-refractivity contribution in [2.45, 2.75) is 13.5 Å². The lowest BCUT2D eigenvalue weighted by molar-refractivity contribution is 0.0976. The molecule has 0 aliphatic heterocycles. The number of thiocarbonyl (C=S) groups is 1. The highest BCUT2D eigenvalue weighted by atomic mass is 32.1. The Morgan fingerprint density at radius 3 is 2.55 bits per heavy atom. The third-order valence-electron chi connectivity index (χ3n) is 4.36. The molecule has 4 aromatic rings. The second-order valence-electron chi connectivity index (χ2n) is 6.54. The summed E-state index contributed by atoms with van der Waals surface area (Å²) in [7, 11) is 0. The molecule has 0 unspecified atom stereocenters. The predicted octanol–water partition coefficient (Wildman–Crippen LogP) is 4.00. The Bertz CT molecular complexity index is 1130. The van der Waals surface area contributed by atoms with E-state index in [0.717, 1.165) is 16.7 Å². The first-order valence-electron chi connectivity index (χ1n) is 9.05. The fourth-order valence-corrected chi connectivity index (χ4v) is 2.93. The van der Waals surface area contributed by atoms with Crippen molar-refractivity contribution < 1.29 is 9.21 Å². The van der Waals surface area contributed by atoms with Crippen LogP contribution in [0.15, 0.2) is 71.3 Å². The van der Waals surface area contributed by atoms with Gasteiger partial charge in [0.1, 0.15) is 0 Å². The first-order chi connectivity index (χ1) is 14.1. The summed E-state index contributed by atoms with van der Waals surface area (Å²) in [6.07, 6.45) is 1.68. The van der Waals surface area contributed by atoms with Crippen molar-refractivity contribution >= 4 is 34.5 Å². The van der Waals surface area contributed by atoms with E-state index in [0.29, 0.717) is 29.2 Å². The number of hydrogen-bond acceptors (Lipinski definition) is 5. The van der Waals surface area contributed by atoms with Gasteiger partial charge in [-0.1, -0.05) is 29.8 Å². The zero-order chi connectivity index (χ0) is 20.2. The van der Waals surface area contributed by atoms with E-state index in [9.17, 15) is 4.79 Å². The molecule has 0 atom stereocenters. The fourth-order valence-electron chi connectivity index (χ4n) is 2.76. The van der Waals surface area contributed by atoms with Gasteiger partial charge < -0.3 is 9.73 Å². The van der Waals surface area contributed by atoms with Crippen LogP contribution in [-0.2, 0) is 6.54 Å². The molecule has 2 aromatic heterocycles. The number of nitrogens with one attached hydrogen (secondary N) is 2. The van der Waals surface area contributed by atoms with Crippen molar-refractivity contribution in [3.8, 4) is 11.5 Å². The summed E-state index contributed by atoms with van der Waals surface area (Å²) in [5.74, 6) is 0.293. The van der Waals surface area contributed by atoms with Gasteiger partial charge in [-0.15, -0.1) is 0 Å². The quantitative estimate of drug-likeness (QED) is 0.502. The summed E-state index contributed by atoms with van der Waals surface area (Å²) in [5.41, 5.74) is 4.78. The number of rotatable bonds is 4. The first kappa shape index (κ1) is 18.8. The van der Waals surface area contributed by atoms with Crippen LogP contribution in [0, 0.1) is 6.92 Å². The second kappa shape index (κ2) is 8.20. The molecule has 0 aliphatic rings. The monoisotopic (exact) mass is 402 g/mol. The number of hydrogen-bond donors (Lipinski definition) is 2. The third kappa shape index (κ3) is 4.47. The van der Waals surface area contributed by atoms with Gasteiger partial charge in [0.15, 0.2) is 16.3 Å². The number of aromatic nitrogens is 2. The number of fused-ring (bicyclic) bond motifs is 1. The van der Waals surface area contributed by atoms with Gasteiger partial charge in [-0.3, -0.25) is 10.1 Å². The van der Waals surface area contributed by atoms with Crippen LogP contribution >= 0.6 is 12.2 Å². The summed E-state index contributed by atoms with van der Waals surface area (Å²) < 4.78 is 5.73. The highest BCUT2D eigenvalue weighted by molar-refractivity contribution is 7.80. The maximum absolute atomic E-state index is 12.2. The number of nitrogens with zero attached hydrogens (tertiary/aromatic N) is 2. The van der Waals surface area contributed by atoms with Gasteiger partial charge in [-0.05, 0) is 61.1 Å². The van der Waals surface area contributed by atoms with Gasteiger partial charge >= 0.3 is 0 Å². The lowest BCUT2D eigenvalue weighted by Crippen LogP contribution is -2.38. The molecule has 6 nitrogen and oxygen atoms in total. The van der Waals surface area contributed by atoms with Crippen LogP contribution < -0.4 is 10.6 Å².